The molecular weight excluding hydrogens is 476 g/mol. The number of hydrogen-bond donors (Lipinski definition) is 6. The molecule has 206 valence electrons. The average molecular weight is 521 g/mol. The van der Waals surface area contributed by atoms with Gasteiger partial charge in [-0.05, 0) is 80.8 Å². The summed E-state index contributed by atoms with van der Waals surface area (Å²) in [6.07, 6.45) is 0. The second-order valence-corrected chi connectivity index (χ2v) is 9.20. The lowest BCUT2D eigenvalue weighted by Gasteiger charge is -2.18. The molecule has 0 unspecified atom stereocenters. The number of phenolic OH excluding ortho intramolecular Hbond substituents is 2. The first-order valence-corrected chi connectivity index (χ1v) is 13.7. The van der Waals surface area contributed by atoms with Crippen molar-refractivity contribution in [3.8, 4) is 11.5 Å². The Bertz CT molecular complexity index is 1010. The topological polar surface area (TPSA) is 95.1 Å². The highest BCUT2D eigenvalue weighted by Gasteiger charge is 2.10. The molecule has 8 heteroatoms. The fraction of sp³-hybridized carbons (Fsp3) is 0.400. The molecule has 0 aliphatic heterocycles. The second-order valence-electron chi connectivity index (χ2n) is 9.20. The molecular formula is C30H44N6O2. The van der Waals surface area contributed by atoms with Crippen molar-refractivity contribution in [1.29, 1.82) is 0 Å². The van der Waals surface area contributed by atoms with Crippen molar-refractivity contribution in [1.82, 2.24) is 9.80 Å². The van der Waals surface area contributed by atoms with E-state index >= 15 is 0 Å². The van der Waals surface area contributed by atoms with E-state index < -0.39 is 0 Å². The van der Waals surface area contributed by atoms with Crippen molar-refractivity contribution >= 4 is 34.1 Å². The zero-order chi connectivity index (χ0) is 27.3. The van der Waals surface area contributed by atoms with E-state index in [0.29, 0.717) is 11.4 Å². The van der Waals surface area contributed by atoms with Gasteiger partial charge >= 0.3 is 0 Å². The molecule has 0 atom stereocenters. The molecule has 0 radical (unpaired) electrons. The van der Waals surface area contributed by atoms with Crippen molar-refractivity contribution in [3.05, 3.63) is 60.7 Å². The Morgan fingerprint density at radius 1 is 0.526 bits per heavy atom. The van der Waals surface area contributed by atoms with Gasteiger partial charge in [-0.15, -0.1) is 0 Å². The highest BCUT2D eigenvalue weighted by Crippen LogP contribution is 2.38. The van der Waals surface area contributed by atoms with Crippen LogP contribution >= 0.6 is 0 Å². The van der Waals surface area contributed by atoms with Gasteiger partial charge in [-0.25, -0.2) is 0 Å². The molecule has 0 spiro atoms. The van der Waals surface area contributed by atoms with E-state index in [0.717, 1.165) is 75.1 Å². The maximum atomic E-state index is 10.4. The van der Waals surface area contributed by atoms with Gasteiger partial charge in [0.15, 0.2) is 0 Å². The van der Waals surface area contributed by atoms with Crippen LogP contribution < -0.4 is 21.3 Å². The summed E-state index contributed by atoms with van der Waals surface area (Å²) >= 11 is 0. The first kappa shape index (κ1) is 28.9. The molecule has 0 bridgehead atoms. The second kappa shape index (κ2) is 15.0. The molecule has 0 aromatic heterocycles. The number of rotatable bonds is 16. The lowest BCUT2D eigenvalue weighted by Crippen LogP contribution is -2.28. The van der Waals surface area contributed by atoms with Crippen molar-refractivity contribution < 1.29 is 10.2 Å². The van der Waals surface area contributed by atoms with Crippen LogP contribution in [0.25, 0.3) is 0 Å². The number of likely N-dealkylation sites (N-methyl/N-ethyl adjacent to an activating group) is 2. The van der Waals surface area contributed by atoms with E-state index in [-0.39, 0.29) is 11.5 Å². The molecule has 3 aromatic carbocycles. The Hall–Kier alpha value is -3.62. The summed E-state index contributed by atoms with van der Waals surface area (Å²) in [5.41, 5.74) is 4.78. The molecule has 3 rings (SSSR count). The number of nitrogens with one attached hydrogen (secondary N) is 4. The lowest BCUT2D eigenvalue weighted by molar-refractivity contribution is 0.316. The summed E-state index contributed by atoms with van der Waals surface area (Å²) in [4.78, 5) is 4.75. The van der Waals surface area contributed by atoms with Gasteiger partial charge in [0.2, 0.25) is 0 Å². The minimum absolute atomic E-state index is 0.0257. The molecule has 38 heavy (non-hydrogen) atoms. The fourth-order valence-electron chi connectivity index (χ4n) is 4.23. The molecule has 0 aliphatic rings. The zero-order valence-corrected chi connectivity index (χ0v) is 23.2. The number of benzene rings is 3. The van der Waals surface area contributed by atoms with Gasteiger partial charge in [0.05, 0.1) is 11.4 Å². The van der Waals surface area contributed by atoms with E-state index in [1.165, 1.54) is 6.07 Å². The standard InChI is InChI=1S/C30H44N6O2/c1-5-35(6-2)19-17-31-23-9-13-25(14-10-23)33-27-21-28(30(38)22-29(27)37)34-26-15-11-24(12-16-26)32-18-20-36(7-3)8-4/h9-16,21-22,31-34,37-38H,5-8,17-20H2,1-4H3. The van der Waals surface area contributed by atoms with Crippen LogP contribution in [0.15, 0.2) is 60.7 Å². The third-order valence-electron chi connectivity index (χ3n) is 6.74. The highest BCUT2D eigenvalue weighted by molar-refractivity contribution is 5.78. The van der Waals surface area contributed by atoms with Crippen LogP contribution in [-0.4, -0.2) is 72.4 Å². The van der Waals surface area contributed by atoms with E-state index in [9.17, 15) is 10.2 Å². The molecule has 0 saturated heterocycles. The molecule has 0 fully saturated rings. The first-order valence-electron chi connectivity index (χ1n) is 13.7. The summed E-state index contributed by atoms with van der Waals surface area (Å²) in [5.74, 6) is -0.0514. The third-order valence-corrected chi connectivity index (χ3v) is 6.74. The highest BCUT2D eigenvalue weighted by atomic mass is 16.3. The number of hydrogen-bond acceptors (Lipinski definition) is 8. The van der Waals surface area contributed by atoms with Crippen LogP contribution in [0.2, 0.25) is 0 Å². The number of nitrogens with zero attached hydrogens (tertiary/aromatic N) is 2. The SMILES string of the molecule is CCN(CC)CCNc1ccc(Nc2cc(Nc3ccc(NCCN(CC)CC)cc3)c(O)cc2O)cc1. The van der Waals surface area contributed by atoms with Gasteiger partial charge in [0, 0.05) is 55.0 Å². The van der Waals surface area contributed by atoms with Gasteiger partial charge in [-0.3, -0.25) is 0 Å². The minimum atomic E-state index is -0.0257. The van der Waals surface area contributed by atoms with E-state index in [2.05, 4.69) is 58.8 Å². The maximum Gasteiger partial charge on any atom is 0.142 e. The Morgan fingerprint density at radius 3 is 1.21 bits per heavy atom. The normalized spacial score (nSPS) is 11.1. The summed E-state index contributed by atoms with van der Waals surface area (Å²) in [6, 6.07) is 19.0. The van der Waals surface area contributed by atoms with Gasteiger partial charge in [-0.1, -0.05) is 27.7 Å². The Labute approximate surface area is 227 Å². The van der Waals surface area contributed by atoms with Crippen molar-refractivity contribution in [2.75, 3.05) is 73.6 Å². The van der Waals surface area contributed by atoms with Crippen LogP contribution in [0.4, 0.5) is 34.1 Å². The minimum Gasteiger partial charge on any atom is -0.506 e. The van der Waals surface area contributed by atoms with Gasteiger partial charge < -0.3 is 41.3 Å². The predicted molar refractivity (Wildman–Crippen MR) is 162 cm³/mol. The number of anilines is 6. The van der Waals surface area contributed by atoms with E-state index in [1.807, 2.05) is 48.5 Å². The quantitative estimate of drug-likeness (QED) is 0.0998. The summed E-state index contributed by atoms with van der Waals surface area (Å²) in [7, 11) is 0. The zero-order valence-electron chi connectivity index (χ0n) is 23.2. The average Bonchev–Trinajstić information content (AvgIpc) is 2.93. The van der Waals surface area contributed by atoms with Crippen LogP contribution in [0.5, 0.6) is 11.5 Å². The van der Waals surface area contributed by atoms with Crippen molar-refractivity contribution in [2.45, 2.75) is 27.7 Å². The van der Waals surface area contributed by atoms with Crippen LogP contribution in [-0.2, 0) is 0 Å². The molecule has 0 aliphatic carbocycles. The maximum absolute atomic E-state index is 10.4. The monoisotopic (exact) mass is 520 g/mol. The smallest absolute Gasteiger partial charge is 0.142 e. The van der Waals surface area contributed by atoms with E-state index in [1.54, 1.807) is 6.07 Å². The van der Waals surface area contributed by atoms with Crippen molar-refractivity contribution in [3.63, 3.8) is 0 Å². The largest absolute Gasteiger partial charge is 0.506 e. The molecule has 0 amide bonds. The van der Waals surface area contributed by atoms with Crippen LogP contribution in [0.3, 0.4) is 0 Å². The molecule has 3 aromatic rings. The number of aromatic hydroxyl groups is 2. The third kappa shape index (κ3) is 8.75. The van der Waals surface area contributed by atoms with Crippen LogP contribution in [0, 0.1) is 0 Å². The Morgan fingerprint density at radius 2 is 0.868 bits per heavy atom. The summed E-state index contributed by atoms with van der Waals surface area (Å²) < 4.78 is 0. The molecule has 6 N–H and O–H groups in total. The first-order chi connectivity index (χ1) is 18.4. The molecule has 0 saturated carbocycles. The van der Waals surface area contributed by atoms with E-state index in [4.69, 9.17) is 0 Å². The predicted octanol–water partition coefficient (Wildman–Crippen LogP) is 6.09. The summed E-state index contributed by atoms with van der Waals surface area (Å²) in [5, 5.41) is 34.2. The van der Waals surface area contributed by atoms with Gasteiger partial charge in [0.1, 0.15) is 11.5 Å². The van der Waals surface area contributed by atoms with Gasteiger partial charge in [-0.2, -0.15) is 0 Å². The Kier molecular flexibility index (Phi) is 11.4. The van der Waals surface area contributed by atoms with Gasteiger partial charge in [0.25, 0.3) is 0 Å². The van der Waals surface area contributed by atoms with Crippen molar-refractivity contribution in [2.24, 2.45) is 0 Å². The van der Waals surface area contributed by atoms with Crippen LogP contribution in [0.1, 0.15) is 27.7 Å². The lowest BCUT2D eigenvalue weighted by atomic mass is 10.2. The number of phenols is 2. The molecule has 0 heterocycles. The fourth-order valence-corrected chi connectivity index (χ4v) is 4.23. The Balaban J connectivity index is 1.58. The summed E-state index contributed by atoms with van der Waals surface area (Å²) in [6.45, 7) is 16.7. The molecule has 8 nitrogen and oxygen atoms in total.